The van der Waals surface area contributed by atoms with Crippen molar-refractivity contribution in [1.82, 2.24) is 9.97 Å². The summed E-state index contributed by atoms with van der Waals surface area (Å²) in [6, 6.07) is 0. The smallest absolute Gasteiger partial charge is 0.302 e. The zero-order valence-corrected chi connectivity index (χ0v) is 16.2. The van der Waals surface area contributed by atoms with Crippen LogP contribution in [0.1, 0.15) is 27.2 Å². The first-order chi connectivity index (χ1) is 12.7. The Morgan fingerprint density at radius 1 is 1.15 bits per heavy atom. The van der Waals surface area contributed by atoms with Crippen LogP contribution in [0.4, 0.5) is 17.5 Å². The van der Waals surface area contributed by atoms with E-state index in [9.17, 15) is 14.4 Å². The molecule has 0 fully saturated rings. The van der Waals surface area contributed by atoms with Crippen LogP contribution in [0.3, 0.4) is 0 Å². The molecule has 1 aliphatic rings. The molecular weight excluding hydrogens is 378 g/mol. The average molecular weight is 400 g/mol. The predicted molar refractivity (Wildman–Crippen MR) is 98.2 cm³/mol. The van der Waals surface area contributed by atoms with Gasteiger partial charge in [-0.05, 0) is 6.42 Å². The summed E-state index contributed by atoms with van der Waals surface area (Å²) in [6.45, 7) is 4.98. The van der Waals surface area contributed by atoms with Gasteiger partial charge in [0.2, 0.25) is 11.9 Å². The molecule has 1 aliphatic heterocycles. The van der Waals surface area contributed by atoms with E-state index >= 15 is 0 Å². The number of amides is 1. The number of ether oxygens (including phenoxy) is 2. The van der Waals surface area contributed by atoms with E-state index in [0.717, 1.165) is 0 Å². The van der Waals surface area contributed by atoms with E-state index < -0.39 is 11.9 Å². The van der Waals surface area contributed by atoms with Crippen molar-refractivity contribution in [1.29, 1.82) is 0 Å². The minimum atomic E-state index is -0.413. The number of fused-ring (bicyclic) bond motifs is 1. The summed E-state index contributed by atoms with van der Waals surface area (Å²) in [6.07, 6.45) is 0.521. The SMILES string of the molecule is CC(=O)OCC(CCN1CN(C(C)=O)c2c(Cl)nc(N)nc21)COC(C)=O. The van der Waals surface area contributed by atoms with Crippen LogP contribution in [-0.2, 0) is 23.9 Å². The predicted octanol–water partition coefficient (Wildman–Crippen LogP) is 0.975. The van der Waals surface area contributed by atoms with Crippen molar-refractivity contribution in [3.63, 3.8) is 0 Å². The minimum absolute atomic E-state index is 0.00512. The lowest BCUT2D eigenvalue weighted by Gasteiger charge is -2.22. The van der Waals surface area contributed by atoms with Crippen LogP contribution in [0.5, 0.6) is 0 Å². The Balaban J connectivity index is 2.12. The highest BCUT2D eigenvalue weighted by Gasteiger charge is 2.33. The Labute approximate surface area is 161 Å². The number of aromatic nitrogens is 2. The Bertz CT molecular complexity index is 726. The number of nitrogen functional groups attached to an aromatic ring is 1. The third-order valence-corrected chi connectivity index (χ3v) is 4.22. The zero-order chi connectivity index (χ0) is 20.1. The Kier molecular flexibility index (Phi) is 6.78. The van der Waals surface area contributed by atoms with Gasteiger partial charge < -0.3 is 20.1 Å². The quantitative estimate of drug-likeness (QED) is 0.526. The number of nitrogens with two attached hydrogens (primary N) is 1. The van der Waals surface area contributed by atoms with Gasteiger partial charge in [-0.1, -0.05) is 11.6 Å². The molecule has 0 saturated carbocycles. The highest BCUT2D eigenvalue weighted by molar-refractivity contribution is 6.33. The molecule has 0 bridgehead atoms. The molecule has 0 saturated heterocycles. The van der Waals surface area contributed by atoms with E-state index in [1.165, 1.54) is 25.7 Å². The molecule has 0 aromatic carbocycles. The van der Waals surface area contributed by atoms with E-state index in [1.807, 2.05) is 4.90 Å². The van der Waals surface area contributed by atoms with Gasteiger partial charge in [0.1, 0.15) is 5.69 Å². The summed E-state index contributed by atoms with van der Waals surface area (Å²) in [4.78, 5) is 45.5. The maximum atomic E-state index is 11.9. The van der Waals surface area contributed by atoms with Crippen LogP contribution in [0.25, 0.3) is 0 Å². The third-order valence-electron chi connectivity index (χ3n) is 3.95. The molecule has 1 aromatic heterocycles. The molecular formula is C16H22ClN5O5. The summed E-state index contributed by atoms with van der Waals surface area (Å²) in [5.74, 6) is -0.770. The van der Waals surface area contributed by atoms with E-state index in [0.29, 0.717) is 24.5 Å². The summed E-state index contributed by atoms with van der Waals surface area (Å²) < 4.78 is 10.1. The lowest BCUT2D eigenvalue weighted by Crippen LogP contribution is -2.36. The molecule has 11 heteroatoms. The number of hydrogen-bond donors (Lipinski definition) is 1. The highest BCUT2D eigenvalue weighted by atomic mass is 35.5. The first kappa shape index (κ1) is 20.7. The van der Waals surface area contributed by atoms with Crippen molar-refractivity contribution in [2.75, 3.05) is 42.0 Å². The Morgan fingerprint density at radius 3 is 2.26 bits per heavy atom. The fourth-order valence-electron chi connectivity index (χ4n) is 2.65. The molecule has 27 heavy (non-hydrogen) atoms. The first-order valence-corrected chi connectivity index (χ1v) is 8.69. The number of esters is 2. The number of carbonyl (C=O) groups is 3. The van der Waals surface area contributed by atoms with Gasteiger partial charge in [0.05, 0.1) is 19.9 Å². The molecule has 0 unspecified atom stereocenters. The van der Waals surface area contributed by atoms with Crippen molar-refractivity contribution in [3.05, 3.63) is 5.15 Å². The van der Waals surface area contributed by atoms with Crippen molar-refractivity contribution in [2.24, 2.45) is 5.92 Å². The van der Waals surface area contributed by atoms with E-state index in [4.69, 9.17) is 26.8 Å². The fraction of sp³-hybridized carbons (Fsp3) is 0.562. The van der Waals surface area contributed by atoms with E-state index in [1.54, 1.807) is 0 Å². The van der Waals surface area contributed by atoms with Crippen molar-refractivity contribution < 1.29 is 23.9 Å². The van der Waals surface area contributed by atoms with Crippen LogP contribution < -0.4 is 15.5 Å². The van der Waals surface area contributed by atoms with Gasteiger partial charge in [-0.2, -0.15) is 9.97 Å². The molecule has 0 radical (unpaired) electrons. The zero-order valence-electron chi connectivity index (χ0n) is 15.4. The molecule has 0 atom stereocenters. The molecule has 2 rings (SSSR count). The van der Waals surface area contributed by atoms with E-state index in [-0.39, 0.29) is 42.8 Å². The maximum Gasteiger partial charge on any atom is 0.302 e. The van der Waals surface area contributed by atoms with Gasteiger partial charge in [0.25, 0.3) is 0 Å². The van der Waals surface area contributed by atoms with Crippen molar-refractivity contribution >= 4 is 46.9 Å². The fourth-order valence-corrected chi connectivity index (χ4v) is 2.92. The summed E-state index contributed by atoms with van der Waals surface area (Å²) in [5, 5.41) is 0.103. The van der Waals surface area contributed by atoms with Gasteiger partial charge in [-0.25, -0.2) is 0 Å². The standard InChI is InChI=1S/C16H22ClN5O5/c1-9(23)22-8-21(15-13(22)14(17)19-16(18)20-15)5-4-12(6-26-10(2)24)7-27-11(3)25/h12H,4-8H2,1-3H3,(H2,18,19,20). The number of anilines is 3. The average Bonchev–Trinajstić information content (AvgIpc) is 2.93. The normalized spacial score (nSPS) is 12.9. The van der Waals surface area contributed by atoms with Gasteiger partial charge in [0.15, 0.2) is 11.0 Å². The van der Waals surface area contributed by atoms with Gasteiger partial charge in [0, 0.05) is 33.2 Å². The molecule has 0 spiro atoms. The molecule has 2 N–H and O–H groups in total. The molecule has 1 amide bonds. The monoisotopic (exact) mass is 399 g/mol. The minimum Gasteiger partial charge on any atom is -0.465 e. The summed E-state index contributed by atoms with van der Waals surface area (Å²) in [7, 11) is 0. The van der Waals surface area contributed by atoms with Crippen LogP contribution >= 0.6 is 11.6 Å². The van der Waals surface area contributed by atoms with Gasteiger partial charge in [-0.3, -0.25) is 19.3 Å². The summed E-state index contributed by atoms with van der Waals surface area (Å²) >= 11 is 6.14. The Hall–Kier alpha value is -2.62. The molecule has 148 valence electrons. The number of rotatable bonds is 7. The largest absolute Gasteiger partial charge is 0.465 e. The van der Waals surface area contributed by atoms with Crippen LogP contribution in [0.2, 0.25) is 5.15 Å². The number of nitrogens with zero attached hydrogens (tertiary/aromatic N) is 4. The first-order valence-electron chi connectivity index (χ1n) is 8.31. The second-order valence-electron chi connectivity index (χ2n) is 6.16. The van der Waals surface area contributed by atoms with Crippen molar-refractivity contribution in [3.8, 4) is 0 Å². The lowest BCUT2D eigenvalue weighted by atomic mass is 10.1. The second-order valence-corrected chi connectivity index (χ2v) is 6.51. The van der Waals surface area contributed by atoms with Crippen LogP contribution in [-0.4, -0.2) is 54.2 Å². The Morgan fingerprint density at radius 2 is 1.74 bits per heavy atom. The van der Waals surface area contributed by atoms with Crippen LogP contribution in [0.15, 0.2) is 0 Å². The molecule has 10 nitrogen and oxygen atoms in total. The number of hydrogen-bond acceptors (Lipinski definition) is 9. The second kappa shape index (κ2) is 8.85. The van der Waals surface area contributed by atoms with E-state index in [2.05, 4.69) is 9.97 Å². The lowest BCUT2D eigenvalue weighted by molar-refractivity contribution is -0.146. The van der Waals surface area contributed by atoms with Gasteiger partial charge >= 0.3 is 11.9 Å². The highest BCUT2D eigenvalue weighted by Crippen LogP contribution is 2.39. The maximum absolute atomic E-state index is 11.9. The topological polar surface area (TPSA) is 128 Å². The number of carbonyl (C=O) groups excluding carboxylic acids is 3. The molecule has 0 aliphatic carbocycles. The molecule has 2 heterocycles. The molecule has 1 aromatic rings. The van der Waals surface area contributed by atoms with Crippen LogP contribution in [0, 0.1) is 5.92 Å². The van der Waals surface area contributed by atoms with Crippen molar-refractivity contribution in [2.45, 2.75) is 27.2 Å². The van der Waals surface area contributed by atoms with Gasteiger partial charge in [-0.15, -0.1) is 0 Å². The third kappa shape index (κ3) is 5.43. The summed E-state index contributed by atoms with van der Waals surface area (Å²) in [5.41, 5.74) is 6.09. The number of halogens is 1.